The lowest BCUT2D eigenvalue weighted by Crippen LogP contribution is -2.12. The van der Waals surface area contributed by atoms with Gasteiger partial charge in [0.2, 0.25) is 5.91 Å². The molecule has 0 aliphatic carbocycles. The molecule has 0 saturated carbocycles. The number of aromatic amines is 2. The van der Waals surface area contributed by atoms with Gasteiger partial charge in [0.15, 0.2) is 0 Å². The molecule has 3 rings (SSSR count). The van der Waals surface area contributed by atoms with Gasteiger partial charge in [0.25, 0.3) is 0 Å². The Morgan fingerprint density at radius 1 is 1.09 bits per heavy atom. The molecule has 1 amide bonds. The second-order valence-corrected chi connectivity index (χ2v) is 5.02. The summed E-state index contributed by atoms with van der Waals surface area (Å²) in [5, 5.41) is 12.4. The van der Waals surface area contributed by atoms with Gasteiger partial charge in [-0.1, -0.05) is 18.2 Å². The molecule has 0 bridgehead atoms. The van der Waals surface area contributed by atoms with Crippen LogP contribution in [-0.2, 0) is 11.2 Å². The molecular formula is C16H15N3O3. The van der Waals surface area contributed by atoms with Gasteiger partial charge < -0.3 is 20.4 Å². The molecule has 0 unspecified atom stereocenters. The molecule has 0 aliphatic rings. The van der Waals surface area contributed by atoms with Crippen molar-refractivity contribution in [3.05, 3.63) is 58.5 Å². The van der Waals surface area contributed by atoms with E-state index in [0.717, 1.165) is 5.56 Å². The molecular weight excluding hydrogens is 282 g/mol. The number of benzene rings is 2. The Kier molecular flexibility index (Phi) is 3.65. The van der Waals surface area contributed by atoms with Crippen molar-refractivity contribution in [3.63, 3.8) is 0 Å². The van der Waals surface area contributed by atoms with Crippen molar-refractivity contribution in [2.24, 2.45) is 0 Å². The lowest BCUT2D eigenvalue weighted by atomic mass is 10.1. The summed E-state index contributed by atoms with van der Waals surface area (Å²) in [4.78, 5) is 28.4. The van der Waals surface area contributed by atoms with E-state index < -0.39 is 0 Å². The molecule has 1 aromatic heterocycles. The van der Waals surface area contributed by atoms with Crippen molar-refractivity contribution in [1.82, 2.24) is 9.97 Å². The number of amides is 1. The fourth-order valence-corrected chi connectivity index (χ4v) is 2.30. The van der Waals surface area contributed by atoms with Crippen LogP contribution in [0.2, 0.25) is 0 Å². The van der Waals surface area contributed by atoms with Crippen molar-refractivity contribution in [1.29, 1.82) is 0 Å². The standard InChI is InChI=1S/C16H15N3O3/c20-14-4-2-1-3-10(14)5-8-15(21)17-11-6-7-12-13(9-11)19-16(22)18-12/h1-4,6-7,9,20H,5,8H2,(H,17,21)(H2,18,19,22). The third-order valence-corrected chi connectivity index (χ3v) is 3.41. The number of anilines is 1. The minimum Gasteiger partial charge on any atom is -0.508 e. The third-order valence-electron chi connectivity index (χ3n) is 3.41. The zero-order chi connectivity index (χ0) is 15.5. The van der Waals surface area contributed by atoms with E-state index in [4.69, 9.17) is 0 Å². The SMILES string of the molecule is O=C(CCc1ccccc1O)Nc1ccc2[nH]c(=O)[nH]c2c1. The van der Waals surface area contributed by atoms with Crippen LogP contribution < -0.4 is 11.0 Å². The molecule has 112 valence electrons. The minimum absolute atomic E-state index is 0.152. The van der Waals surface area contributed by atoms with Crippen molar-refractivity contribution in [2.45, 2.75) is 12.8 Å². The first-order valence-electron chi connectivity index (χ1n) is 6.90. The molecule has 0 saturated heterocycles. The average molecular weight is 297 g/mol. The van der Waals surface area contributed by atoms with Gasteiger partial charge in [-0.05, 0) is 36.2 Å². The fraction of sp³-hybridized carbons (Fsp3) is 0.125. The molecule has 0 fully saturated rings. The Bertz CT molecular complexity index is 879. The van der Waals surface area contributed by atoms with Gasteiger partial charge >= 0.3 is 5.69 Å². The molecule has 6 nitrogen and oxygen atoms in total. The number of carbonyl (C=O) groups excluding carboxylic acids is 1. The van der Waals surface area contributed by atoms with E-state index in [1.165, 1.54) is 0 Å². The molecule has 0 spiro atoms. The van der Waals surface area contributed by atoms with E-state index in [0.29, 0.717) is 23.1 Å². The number of hydrogen-bond acceptors (Lipinski definition) is 3. The summed E-state index contributed by atoms with van der Waals surface area (Å²) < 4.78 is 0. The highest BCUT2D eigenvalue weighted by Gasteiger charge is 2.07. The zero-order valence-corrected chi connectivity index (χ0v) is 11.7. The first-order chi connectivity index (χ1) is 10.6. The second kappa shape index (κ2) is 5.77. The zero-order valence-electron chi connectivity index (χ0n) is 11.7. The van der Waals surface area contributed by atoms with E-state index in [1.54, 1.807) is 36.4 Å². The number of rotatable bonds is 4. The van der Waals surface area contributed by atoms with Gasteiger partial charge in [-0.15, -0.1) is 0 Å². The van der Waals surface area contributed by atoms with E-state index in [2.05, 4.69) is 15.3 Å². The number of hydrogen-bond donors (Lipinski definition) is 4. The quantitative estimate of drug-likeness (QED) is 0.593. The maximum atomic E-state index is 12.0. The highest BCUT2D eigenvalue weighted by molar-refractivity contribution is 5.93. The molecule has 2 aromatic carbocycles. The largest absolute Gasteiger partial charge is 0.508 e. The van der Waals surface area contributed by atoms with Crippen molar-refractivity contribution in [3.8, 4) is 5.75 Å². The monoisotopic (exact) mass is 297 g/mol. The number of aromatic hydroxyl groups is 1. The Hall–Kier alpha value is -3.02. The fourth-order valence-electron chi connectivity index (χ4n) is 2.30. The van der Waals surface area contributed by atoms with E-state index >= 15 is 0 Å². The number of fused-ring (bicyclic) bond motifs is 1. The third kappa shape index (κ3) is 3.01. The summed E-state index contributed by atoms with van der Waals surface area (Å²) in [6.07, 6.45) is 0.723. The normalized spacial score (nSPS) is 10.7. The number of aromatic nitrogens is 2. The lowest BCUT2D eigenvalue weighted by Gasteiger charge is -2.06. The van der Waals surface area contributed by atoms with Gasteiger partial charge in [0.1, 0.15) is 5.75 Å². The first kappa shape index (κ1) is 13.9. The maximum Gasteiger partial charge on any atom is 0.323 e. The van der Waals surface area contributed by atoms with Crippen LogP contribution in [0.4, 0.5) is 5.69 Å². The number of phenols is 1. The van der Waals surface area contributed by atoms with Crippen LogP contribution in [0, 0.1) is 0 Å². The molecule has 6 heteroatoms. The van der Waals surface area contributed by atoms with Crippen molar-refractivity contribution >= 4 is 22.6 Å². The molecule has 22 heavy (non-hydrogen) atoms. The summed E-state index contributed by atoms with van der Waals surface area (Å²) in [7, 11) is 0. The maximum absolute atomic E-state index is 12.0. The summed E-state index contributed by atoms with van der Waals surface area (Å²) in [5.74, 6) is 0.0436. The molecule has 0 radical (unpaired) electrons. The van der Waals surface area contributed by atoms with Crippen LogP contribution in [0.3, 0.4) is 0 Å². The summed E-state index contributed by atoms with van der Waals surface area (Å²) in [5.41, 5.74) is 2.41. The number of para-hydroxylation sites is 1. The Labute approximate surface area is 125 Å². The highest BCUT2D eigenvalue weighted by atomic mass is 16.3. The second-order valence-electron chi connectivity index (χ2n) is 5.02. The number of H-pyrrole nitrogens is 2. The number of carbonyl (C=O) groups is 1. The molecule has 0 atom stereocenters. The number of imidazole rings is 1. The number of phenolic OH excluding ortho intramolecular Hbond substituents is 1. The molecule has 4 N–H and O–H groups in total. The summed E-state index contributed by atoms with van der Waals surface area (Å²) in [6.45, 7) is 0. The predicted molar refractivity (Wildman–Crippen MR) is 84.0 cm³/mol. The number of nitrogens with one attached hydrogen (secondary N) is 3. The van der Waals surface area contributed by atoms with Crippen LogP contribution >= 0.6 is 0 Å². The van der Waals surface area contributed by atoms with Crippen LogP contribution in [0.15, 0.2) is 47.3 Å². The first-order valence-corrected chi connectivity index (χ1v) is 6.90. The van der Waals surface area contributed by atoms with Crippen molar-refractivity contribution in [2.75, 3.05) is 5.32 Å². The van der Waals surface area contributed by atoms with Gasteiger partial charge in [-0.25, -0.2) is 4.79 Å². The van der Waals surface area contributed by atoms with Crippen LogP contribution in [-0.4, -0.2) is 21.0 Å². The Morgan fingerprint density at radius 2 is 1.86 bits per heavy atom. The Morgan fingerprint density at radius 3 is 2.68 bits per heavy atom. The van der Waals surface area contributed by atoms with Crippen LogP contribution in [0.5, 0.6) is 5.75 Å². The van der Waals surface area contributed by atoms with E-state index in [1.807, 2.05) is 6.07 Å². The van der Waals surface area contributed by atoms with Gasteiger partial charge in [-0.2, -0.15) is 0 Å². The van der Waals surface area contributed by atoms with Crippen LogP contribution in [0.1, 0.15) is 12.0 Å². The van der Waals surface area contributed by atoms with Gasteiger partial charge in [0, 0.05) is 12.1 Å². The molecule has 1 heterocycles. The van der Waals surface area contributed by atoms with Crippen LogP contribution in [0.25, 0.3) is 11.0 Å². The van der Waals surface area contributed by atoms with Gasteiger partial charge in [0.05, 0.1) is 11.0 Å². The average Bonchev–Trinajstić information content (AvgIpc) is 2.86. The smallest absolute Gasteiger partial charge is 0.323 e. The Balaban J connectivity index is 1.65. The topological polar surface area (TPSA) is 98.0 Å². The van der Waals surface area contributed by atoms with E-state index in [-0.39, 0.29) is 23.8 Å². The molecule has 0 aliphatic heterocycles. The van der Waals surface area contributed by atoms with Gasteiger partial charge in [-0.3, -0.25) is 4.79 Å². The number of aryl methyl sites for hydroxylation is 1. The summed E-state index contributed by atoms with van der Waals surface area (Å²) in [6, 6.07) is 12.1. The summed E-state index contributed by atoms with van der Waals surface area (Å²) >= 11 is 0. The van der Waals surface area contributed by atoms with E-state index in [9.17, 15) is 14.7 Å². The predicted octanol–water partition coefficient (Wildman–Crippen LogP) is 2.13. The minimum atomic E-state index is -0.280. The lowest BCUT2D eigenvalue weighted by molar-refractivity contribution is -0.116. The van der Waals surface area contributed by atoms with Crippen molar-refractivity contribution < 1.29 is 9.90 Å². The highest BCUT2D eigenvalue weighted by Crippen LogP contribution is 2.18. The molecule has 3 aromatic rings.